The maximum absolute atomic E-state index is 5.67. The monoisotopic (exact) mass is 248 g/mol. The van der Waals surface area contributed by atoms with Gasteiger partial charge in [0.15, 0.2) is 0 Å². The van der Waals surface area contributed by atoms with Crippen molar-refractivity contribution in [3.05, 3.63) is 30.2 Å². The van der Waals surface area contributed by atoms with Gasteiger partial charge < -0.3 is 14.9 Å². The molecule has 2 N–H and O–H groups in total. The molecule has 0 fully saturated rings. The molecular formula is C12H16N4O2. The minimum Gasteiger partial charge on any atom is -0.497 e. The Morgan fingerprint density at radius 3 is 2.44 bits per heavy atom. The molecule has 6 heteroatoms. The lowest BCUT2D eigenvalue weighted by molar-refractivity contribution is 0.415. The molecule has 1 atom stereocenters. The average molecular weight is 248 g/mol. The van der Waals surface area contributed by atoms with Crippen molar-refractivity contribution in [3.8, 4) is 5.75 Å². The number of rotatable bonds is 4. The SMILES string of the molecule is COc1ccc(N(C)c2nnc(C(C)N)o2)cc1. The minimum atomic E-state index is -0.268. The van der Waals surface area contributed by atoms with Crippen LogP contribution in [0.2, 0.25) is 0 Å². The van der Waals surface area contributed by atoms with Gasteiger partial charge in [-0.25, -0.2) is 0 Å². The molecule has 18 heavy (non-hydrogen) atoms. The summed E-state index contributed by atoms with van der Waals surface area (Å²) in [6.45, 7) is 1.80. The summed E-state index contributed by atoms with van der Waals surface area (Å²) < 4.78 is 10.6. The summed E-state index contributed by atoms with van der Waals surface area (Å²) in [6, 6.07) is 7.70. The largest absolute Gasteiger partial charge is 0.497 e. The zero-order chi connectivity index (χ0) is 13.1. The fourth-order valence-electron chi connectivity index (χ4n) is 1.46. The van der Waals surface area contributed by atoms with E-state index in [0.717, 1.165) is 11.4 Å². The molecule has 6 nitrogen and oxygen atoms in total. The van der Waals surface area contributed by atoms with Crippen LogP contribution >= 0.6 is 0 Å². The molecule has 2 aromatic rings. The standard InChI is InChI=1S/C12H16N4O2/c1-8(13)11-14-15-12(18-11)16(2)9-4-6-10(17-3)7-5-9/h4-8H,13H2,1-3H3. The molecule has 0 aliphatic rings. The van der Waals surface area contributed by atoms with E-state index < -0.39 is 0 Å². The molecular weight excluding hydrogens is 232 g/mol. The first-order valence-corrected chi connectivity index (χ1v) is 5.58. The summed E-state index contributed by atoms with van der Waals surface area (Å²) >= 11 is 0. The highest BCUT2D eigenvalue weighted by Gasteiger charge is 2.14. The summed E-state index contributed by atoms with van der Waals surface area (Å²) in [5, 5.41) is 7.84. The number of methoxy groups -OCH3 is 1. The van der Waals surface area contributed by atoms with Gasteiger partial charge in [-0.1, -0.05) is 5.10 Å². The molecule has 1 aromatic carbocycles. The van der Waals surface area contributed by atoms with E-state index >= 15 is 0 Å². The summed E-state index contributed by atoms with van der Waals surface area (Å²) in [4.78, 5) is 1.79. The van der Waals surface area contributed by atoms with E-state index in [0.29, 0.717) is 11.9 Å². The molecule has 0 amide bonds. The molecule has 0 saturated carbocycles. The number of hydrogen-bond acceptors (Lipinski definition) is 6. The van der Waals surface area contributed by atoms with E-state index in [1.807, 2.05) is 31.3 Å². The number of nitrogens with zero attached hydrogens (tertiary/aromatic N) is 3. The van der Waals surface area contributed by atoms with Gasteiger partial charge in [0.1, 0.15) is 5.75 Å². The van der Waals surface area contributed by atoms with Gasteiger partial charge in [-0.2, -0.15) is 0 Å². The number of nitrogens with two attached hydrogens (primary N) is 1. The number of ether oxygens (including phenoxy) is 1. The zero-order valence-electron chi connectivity index (χ0n) is 10.6. The molecule has 0 aliphatic heterocycles. The van der Waals surface area contributed by atoms with Crippen LogP contribution in [0.1, 0.15) is 18.9 Å². The molecule has 0 radical (unpaired) electrons. The molecule has 1 heterocycles. The Bertz CT molecular complexity index is 507. The van der Waals surface area contributed by atoms with Gasteiger partial charge >= 0.3 is 6.01 Å². The highest BCUT2D eigenvalue weighted by atomic mass is 16.5. The maximum atomic E-state index is 5.67. The smallest absolute Gasteiger partial charge is 0.322 e. The Morgan fingerprint density at radius 1 is 1.28 bits per heavy atom. The highest BCUT2D eigenvalue weighted by Crippen LogP contribution is 2.25. The Hall–Kier alpha value is -2.08. The molecule has 0 spiro atoms. The van der Waals surface area contributed by atoms with E-state index in [1.54, 1.807) is 18.9 Å². The van der Waals surface area contributed by atoms with Gasteiger partial charge in [0.05, 0.1) is 13.2 Å². The van der Waals surface area contributed by atoms with Crippen molar-refractivity contribution in [1.82, 2.24) is 10.2 Å². The second-order valence-corrected chi connectivity index (χ2v) is 3.97. The van der Waals surface area contributed by atoms with Gasteiger partial charge in [0.25, 0.3) is 0 Å². The van der Waals surface area contributed by atoms with E-state index in [4.69, 9.17) is 14.9 Å². The molecule has 1 aromatic heterocycles. The van der Waals surface area contributed by atoms with Crippen molar-refractivity contribution in [2.75, 3.05) is 19.1 Å². The summed E-state index contributed by atoms with van der Waals surface area (Å²) in [6.07, 6.45) is 0. The third kappa shape index (κ3) is 2.43. The Labute approximate surface area is 105 Å². The van der Waals surface area contributed by atoms with Gasteiger partial charge in [-0.3, -0.25) is 4.90 Å². The van der Waals surface area contributed by atoms with Crippen molar-refractivity contribution in [3.63, 3.8) is 0 Å². The zero-order valence-corrected chi connectivity index (χ0v) is 10.6. The van der Waals surface area contributed by atoms with Crippen molar-refractivity contribution in [2.45, 2.75) is 13.0 Å². The molecule has 96 valence electrons. The lowest BCUT2D eigenvalue weighted by Gasteiger charge is -2.14. The van der Waals surface area contributed by atoms with Gasteiger partial charge in [-0.05, 0) is 31.2 Å². The van der Waals surface area contributed by atoms with Crippen molar-refractivity contribution < 1.29 is 9.15 Å². The van der Waals surface area contributed by atoms with Crippen LogP contribution in [-0.4, -0.2) is 24.4 Å². The molecule has 2 rings (SSSR count). The lowest BCUT2D eigenvalue weighted by atomic mass is 10.3. The fraction of sp³-hybridized carbons (Fsp3) is 0.333. The Morgan fingerprint density at radius 2 is 1.94 bits per heavy atom. The highest BCUT2D eigenvalue weighted by molar-refractivity contribution is 5.56. The predicted molar refractivity (Wildman–Crippen MR) is 68.0 cm³/mol. The second-order valence-electron chi connectivity index (χ2n) is 3.97. The van der Waals surface area contributed by atoms with Crippen LogP contribution in [0.5, 0.6) is 5.75 Å². The van der Waals surface area contributed by atoms with Crippen molar-refractivity contribution >= 4 is 11.7 Å². The van der Waals surface area contributed by atoms with Crippen LogP contribution in [0.4, 0.5) is 11.7 Å². The van der Waals surface area contributed by atoms with Gasteiger partial charge in [0.2, 0.25) is 5.89 Å². The average Bonchev–Trinajstić information content (AvgIpc) is 2.88. The van der Waals surface area contributed by atoms with Crippen LogP contribution < -0.4 is 15.4 Å². The normalized spacial score (nSPS) is 12.2. The Balaban J connectivity index is 2.20. The van der Waals surface area contributed by atoms with Crippen molar-refractivity contribution in [1.29, 1.82) is 0 Å². The quantitative estimate of drug-likeness (QED) is 0.890. The van der Waals surface area contributed by atoms with Crippen molar-refractivity contribution in [2.24, 2.45) is 5.73 Å². The molecule has 0 bridgehead atoms. The van der Waals surface area contributed by atoms with Crippen LogP contribution in [0.15, 0.2) is 28.7 Å². The van der Waals surface area contributed by atoms with E-state index in [1.165, 1.54) is 0 Å². The lowest BCUT2D eigenvalue weighted by Crippen LogP contribution is -2.09. The molecule has 1 unspecified atom stereocenters. The van der Waals surface area contributed by atoms with E-state index in [2.05, 4.69) is 10.2 Å². The number of hydrogen-bond donors (Lipinski definition) is 1. The third-order valence-corrected chi connectivity index (χ3v) is 2.57. The minimum absolute atomic E-state index is 0.268. The summed E-state index contributed by atoms with van der Waals surface area (Å²) in [7, 11) is 3.48. The number of aromatic nitrogens is 2. The van der Waals surface area contributed by atoms with Crippen LogP contribution in [0.3, 0.4) is 0 Å². The number of anilines is 2. The van der Waals surface area contributed by atoms with Gasteiger partial charge in [0, 0.05) is 12.7 Å². The van der Waals surface area contributed by atoms with E-state index in [9.17, 15) is 0 Å². The number of benzene rings is 1. The van der Waals surface area contributed by atoms with E-state index in [-0.39, 0.29) is 6.04 Å². The molecule has 0 saturated heterocycles. The van der Waals surface area contributed by atoms with Gasteiger partial charge in [-0.15, -0.1) is 5.10 Å². The summed E-state index contributed by atoms with van der Waals surface area (Å²) in [5.74, 6) is 1.22. The maximum Gasteiger partial charge on any atom is 0.322 e. The molecule has 0 aliphatic carbocycles. The fourth-order valence-corrected chi connectivity index (χ4v) is 1.46. The third-order valence-electron chi connectivity index (χ3n) is 2.57. The topological polar surface area (TPSA) is 77.4 Å². The first kappa shape index (κ1) is 12.4. The predicted octanol–water partition coefficient (Wildman–Crippen LogP) is 1.87. The van der Waals surface area contributed by atoms with Crippen LogP contribution in [0, 0.1) is 0 Å². The Kier molecular flexibility index (Phi) is 3.47. The van der Waals surface area contributed by atoms with Crippen LogP contribution in [0.25, 0.3) is 0 Å². The summed E-state index contributed by atoms with van der Waals surface area (Å²) in [5.41, 5.74) is 6.60. The second kappa shape index (κ2) is 5.05. The van der Waals surface area contributed by atoms with Crippen LogP contribution in [-0.2, 0) is 0 Å². The first-order chi connectivity index (χ1) is 8.61. The first-order valence-electron chi connectivity index (χ1n) is 5.58.